The first kappa shape index (κ1) is 88.1. The third kappa shape index (κ3) is 64.8. The van der Waals surface area contributed by atoms with E-state index in [4.69, 9.17) is 37.0 Å². The number of hydrogen-bond acceptors (Lipinski definition) is 15. The van der Waals surface area contributed by atoms with E-state index in [0.717, 1.165) is 102 Å². The first-order valence-electron chi connectivity index (χ1n) is 37.0. The minimum atomic E-state index is -4.95. The molecule has 0 heterocycles. The zero-order chi connectivity index (χ0) is 66.5. The van der Waals surface area contributed by atoms with Gasteiger partial charge in [-0.05, 0) is 37.5 Å². The Morgan fingerprint density at radius 2 is 0.511 bits per heavy atom. The number of ether oxygens (including phenoxy) is 4. The van der Waals surface area contributed by atoms with Gasteiger partial charge >= 0.3 is 39.5 Å². The molecule has 0 saturated heterocycles. The Bertz CT molecular complexity index is 1750. The smallest absolute Gasteiger partial charge is 0.462 e. The molecule has 5 atom stereocenters. The number of esters is 4. The highest BCUT2D eigenvalue weighted by Crippen LogP contribution is 2.45. The molecular formula is C71H138O17P2. The zero-order valence-corrected chi connectivity index (χ0v) is 60.2. The van der Waals surface area contributed by atoms with Gasteiger partial charge < -0.3 is 33.8 Å². The molecule has 0 aromatic carbocycles. The molecule has 0 aromatic rings. The Morgan fingerprint density at radius 1 is 0.300 bits per heavy atom. The van der Waals surface area contributed by atoms with E-state index in [0.29, 0.717) is 25.7 Å². The highest BCUT2D eigenvalue weighted by atomic mass is 31.2. The van der Waals surface area contributed by atoms with Gasteiger partial charge in [0, 0.05) is 25.7 Å². The van der Waals surface area contributed by atoms with Crippen molar-refractivity contribution >= 4 is 39.5 Å². The average molecular weight is 1330 g/mol. The van der Waals surface area contributed by atoms with E-state index in [9.17, 15) is 43.2 Å². The molecular weight excluding hydrogens is 1190 g/mol. The third-order valence-corrected chi connectivity index (χ3v) is 18.4. The second-order valence-corrected chi connectivity index (χ2v) is 29.5. The van der Waals surface area contributed by atoms with Crippen LogP contribution in [-0.4, -0.2) is 96.7 Å². The predicted octanol–water partition coefficient (Wildman–Crippen LogP) is 20.4. The van der Waals surface area contributed by atoms with E-state index < -0.39 is 97.5 Å². The van der Waals surface area contributed by atoms with Crippen molar-refractivity contribution in [3.8, 4) is 0 Å². The lowest BCUT2D eigenvalue weighted by molar-refractivity contribution is -0.161. The molecule has 3 N–H and O–H groups in total. The summed E-state index contributed by atoms with van der Waals surface area (Å²) in [5.41, 5.74) is 0. The van der Waals surface area contributed by atoms with Gasteiger partial charge in [-0.25, -0.2) is 9.13 Å². The van der Waals surface area contributed by atoms with Crippen molar-refractivity contribution in [3.63, 3.8) is 0 Å². The van der Waals surface area contributed by atoms with Crippen LogP contribution >= 0.6 is 15.6 Å². The molecule has 90 heavy (non-hydrogen) atoms. The van der Waals surface area contributed by atoms with Gasteiger partial charge in [-0.3, -0.25) is 37.3 Å². The molecule has 0 amide bonds. The molecule has 2 unspecified atom stereocenters. The molecule has 0 aromatic heterocycles. The lowest BCUT2D eigenvalue weighted by Gasteiger charge is -2.21. The molecule has 534 valence electrons. The maximum Gasteiger partial charge on any atom is 0.472 e. The molecule has 19 heteroatoms. The van der Waals surface area contributed by atoms with Gasteiger partial charge in [0.2, 0.25) is 0 Å². The highest BCUT2D eigenvalue weighted by molar-refractivity contribution is 7.47. The van der Waals surface area contributed by atoms with Crippen molar-refractivity contribution in [1.29, 1.82) is 0 Å². The summed E-state index contributed by atoms with van der Waals surface area (Å²) in [6.45, 7) is 9.54. The topological polar surface area (TPSA) is 237 Å². The predicted molar refractivity (Wildman–Crippen MR) is 363 cm³/mol. The Kier molecular flexibility index (Phi) is 61.8. The van der Waals surface area contributed by atoms with Crippen molar-refractivity contribution in [1.82, 2.24) is 0 Å². The third-order valence-electron chi connectivity index (χ3n) is 16.5. The first-order chi connectivity index (χ1) is 43.4. The summed E-state index contributed by atoms with van der Waals surface area (Å²) in [4.78, 5) is 72.6. The quantitative estimate of drug-likeness (QED) is 0.0222. The maximum absolute atomic E-state index is 13.0. The number of aliphatic hydroxyl groups excluding tert-OH is 1. The highest BCUT2D eigenvalue weighted by Gasteiger charge is 2.30. The van der Waals surface area contributed by atoms with Gasteiger partial charge in [-0.15, -0.1) is 0 Å². The summed E-state index contributed by atoms with van der Waals surface area (Å²) in [6.07, 6.45) is 48.5. The number of phosphoric ester groups is 2. The van der Waals surface area contributed by atoms with Crippen molar-refractivity contribution in [2.75, 3.05) is 39.6 Å². The van der Waals surface area contributed by atoms with Crippen LogP contribution in [0.4, 0.5) is 0 Å². The molecule has 0 bridgehead atoms. The number of rotatable bonds is 70. The number of phosphoric acid groups is 2. The number of carbonyl (C=O) groups is 4. The van der Waals surface area contributed by atoms with Crippen LogP contribution in [0.2, 0.25) is 0 Å². The van der Waals surface area contributed by atoms with Crippen LogP contribution in [-0.2, 0) is 65.4 Å². The molecule has 0 rings (SSSR count). The molecule has 0 spiro atoms. The van der Waals surface area contributed by atoms with Crippen LogP contribution < -0.4 is 0 Å². The van der Waals surface area contributed by atoms with Gasteiger partial charge in [-0.1, -0.05) is 311 Å². The van der Waals surface area contributed by atoms with Gasteiger partial charge in [0.15, 0.2) is 12.2 Å². The number of carbonyl (C=O) groups excluding carboxylic acids is 4. The van der Waals surface area contributed by atoms with Crippen LogP contribution in [0.1, 0.15) is 363 Å². The molecule has 17 nitrogen and oxygen atoms in total. The normalized spacial score (nSPS) is 14.1. The van der Waals surface area contributed by atoms with Crippen LogP contribution in [0.5, 0.6) is 0 Å². The largest absolute Gasteiger partial charge is 0.472 e. The van der Waals surface area contributed by atoms with Crippen molar-refractivity contribution in [2.45, 2.75) is 381 Å². The molecule has 0 aliphatic heterocycles. The maximum atomic E-state index is 13.0. The average Bonchev–Trinajstić information content (AvgIpc) is 3.60. The van der Waals surface area contributed by atoms with Gasteiger partial charge in [0.05, 0.1) is 26.4 Å². The Hall–Kier alpha value is -1.94. The second kappa shape index (κ2) is 63.1. The van der Waals surface area contributed by atoms with Crippen molar-refractivity contribution in [2.24, 2.45) is 11.8 Å². The minimum Gasteiger partial charge on any atom is -0.462 e. The number of unbranched alkanes of at least 4 members (excludes halogenated alkanes) is 40. The van der Waals surface area contributed by atoms with Crippen molar-refractivity contribution in [3.05, 3.63) is 0 Å². The zero-order valence-electron chi connectivity index (χ0n) is 58.4. The lowest BCUT2D eigenvalue weighted by Crippen LogP contribution is -2.30. The van der Waals surface area contributed by atoms with Gasteiger partial charge in [0.25, 0.3) is 0 Å². The van der Waals surface area contributed by atoms with Crippen LogP contribution in [0, 0.1) is 11.8 Å². The molecule has 0 aliphatic rings. The molecule has 0 aliphatic carbocycles. The summed E-state index contributed by atoms with van der Waals surface area (Å²) in [6, 6.07) is 0. The fourth-order valence-corrected chi connectivity index (χ4v) is 12.3. The van der Waals surface area contributed by atoms with Crippen LogP contribution in [0.15, 0.2) is 0 Å². The fourth-order valence-electron chi connectivity index (χ4n) is 10.8. The Labute approximate surface area is 549 Å². The van der Waals surface area contributed by atoms with E-state index in [1.165, 1.54) is 180 Å². The van der Waals surface area contributed by atoms with E-state index in [1.807, 2.05) is 0 Å². The number of hydrogen-bond donors (Lipinski definition) is 3. The van der Waals surface area contributed by atoms with E-state index in [-0.39, 0.29) is 25.7 Å². The lowest BCUT2D eigenvalue weighted by atomic mass is 10.0. The SMILES string of the molecule is CCCCCCCCCCCCCCCCC(=O)OC[C@H](COP(=O)(O)OC[C@@H](O)COP(=O)(O)OC[C@@H](COC(=O)CCCCCCCCCCC)OC(=O)CCCCCCCCCCCCC(C)C)OC(=O)CCCCCCCCCCCCCC(C)C. The van der Waals surface area contributed by atoms with E-state index >= 15 is 0 Å². The molecule has 0 radical (unpaired) electrons. The van der Waals surface area contributed by atoms with Crippen LogP contribution in [0.3, 0.4) is 0 Å². The summed E-state index contributed by atoms with van der Waals surface area (Å²) in [5, 5.41) is 10.6. The monoisotopic (exact) mass is 1320 g/mol. The van der Waals surface area contributed by atoms with Gasteiger partial charge in [0.1, 0.15) is 19.3 Å². The van der Waals surface area contributed by atoms with E-state index in [1.54, 1.807) is 0 Å². The van der Waals surface area contributed by atoms with Gasteiger partial charge in [-0.2, -0.15) is 0 Å². The minimum absolute atomic E-state index is 0.106. The molecule has 0 fully saturated rings. The second-order valence-electron chi connectivity index (χ2n) is 26.6. The standard InChI is InChI=1S/C71H138O17P2/c1-7-9-11-13-15-17-18-19-20-23-30-36-42-48-54-69(74)82-60-67(87-70(75)55-49-43-37-31-24-21-22-28-33-39-45-51-63(3)4)62-86-90(79,80)84-58-65(72)57-83-89(77,78)85-61-66(59-81-68(73)53-47-41-35-27-16-14-12-10-8-2)88-71(76)56-50-44-38-32-26-25-29-34-40-46-52-64(5)6/h63-67,72H,7-62H2,1-6H3,(H,77,78)(H,79,80)/t65-,66+,67+/m0/s1. The first-order valence-corrected chi connectivity index (χ1v) is 40.0. The van der Waals surface area contributed by atoms with E-state index in [2.05, 4.69) is 41.5 Å². The summed E-state index contributed by atoms with van der Waals surface area (Å²) < 4.78 is 68.3. The Morgan fingerprint density at radius 3 is 0.756 bits per heavy atom. The summed E-state index contributed by atoms with van der Waals surface area (Å²) >= 11 is 0. The van der Waals surface area contributed by atoms with Crippen molar-refractivity contribution < 1.29 is 80.2 Å². The number of aliphatic hydroxyl groups is 1. The van der Waals surface area contributed by atoms with Crippen LogP contribution in [0.25, 0.3) is 0 Å². The summed E-state index contributed by atoms with van der Waals surface area (Å²) in [7, 11) is -9.90. The molecule has 0 saturated carbocycles. The Balaban J connectivity index is 5.24. The summed E-state index contributed by atoms with van der Waals surface area (Å²) in [5.74, 6) is -0.605. The fraction of sp³-hybridized carbons (Fsp3) is 0.944.